The number of aryl methyl sites for hydroxylation is 1. The molecule has 9 nitrogen and oxygen atoms in total. The molecule has 1 aliphatic heterocycles. The number of anilines is 1. The number of rotatable bonds is 6. The van der Waals surface area contributed by atoms with E-state index in [-0.39, 0.29) is 12.4 Å². The highest BCUT2D eigenvalue weighted by atomic mass is 16.5. The van der Waals surface area contributed by atoms with Gasteiger partial charge >= 0.3 is 0 Å². The zero-order chi connectivity index (χ0) is 19.1. The number of phenols is 1. The SMILES string of the molecule is Cc1cc(OCC(=O)N/N=C/c2ccc(O)cc2)nc(N2CCOCC2)n1. The number of carbonyl (C=O) groups is 1. The average molecular weight is 371 g/mol. The van der Waals surface area contributed by atoms with Gasteiger partial charge in [0.25, 0.3) is 5.91 Å². The number of morpholine rings is 1. The minimum Gasteiger partial charge on any atom is -0.508 e. The molecule has 1 fully saturated rings. The fourth-order valence-corrected chi connectivity index (χ4v) is 2.41. The molecule has 0 atom stereocenters. The molecule has 0 unspecified atom stereocenters. The topological polar surface area (TPSA) is 109 Å². The molecular formula is C18H21N5O4. The summed E-state index contributed by atoms with van der Waals surface area (Å²) in [5.74, 6) is 0.663. The molecule has 0 spiro atoms. The van der Waals surface area contributed by atoms with Crippen LogP contribution in [0.2, 0.25) is 0 Å². The number of aromatic hydroxyl groups is 1. The Morgan fingerprint density at radius 2 is 2.07 bits per heavy atom. The highest BCUT2D eigenvalue weighted by Gasteiger charge is 2.15. The third kappa shape index (κ3) is 5.65. The number of hydrogen-bond donors (Lipinski definition) is 2. The van der Waals surface area contributed by atoms with E-state index in [1.54, 1.807) is 18.2 Å². The van der Waals surface area contributed by atoms with Crippen LogP contribution in [0.4, 0.5) is 5.95 Å². The van der Waals surface area contributed by atoms with Gasteiger partial charge in [-0.1, -0.05) is 0 Å². The molecular weight excluding hydrogens is 350 g/mol. The molecule has 1 amide bonds. The van der Waals surface area contributed by atoms with E-state index in [1.165, 1.54) is 18.3 Å². The summed E-state index contributed by atoms with van der Waals surface area (Å²) in [6, 6.07) is 8.11. The van der Waals surface area contributed by atoms with E-state index >= 15 is 0 Å². The number of nitrogens with zero attached hydrogens (tertiary/aromatic N) is 4. The average Bonchev–Trinajstić information content (AvgIpc) is 2.68. The number of ether oxygens (including phenoxy) is 2. The second-order valence-electron chi connectivity index (χ2n) is 5.92. The third-order valence-electron chi connectivity index (χ3n) is 3.76. The normalized spacial score (nSPS) is 14.3. The van der Waals surface area contributed by atoms with Crippen molar-refractivity contribution in [2.75, 3.05) is 37.8 Å². The maximum absolute atomic E-state index is 11.9. The first-order chi connectivity index (χ1) is 13.1. The fraction of sp³-hybridized carbons (Fsp3) is 0.333. The Morgan fingerprint density at radius 1 is 1.33 bits per heavy atom. The summed E-state index contributed by atoms with van der Waals surface area (Å²) in [7, 11) is 0. The molecule has 0 radical (unpaired) electrons. The van der Waals surface area contributed by atoms with Crippen molar-refractivity contribution in [2.24, 2.45) is 5.10 Å². The molecule has 142 valence electrons. The molecule has 1 aromatic carbocycles. The molecule has 2 heterocycles. The van der Waals surface area contributed by atoms with Gasteiger partial charge in [-0.15, -0.1) is 0 Å². The van der Waals surface area contributed by atoms with Crippen LogP contribution in [0.25, 0.3) is 0 Å². The maximum atomic E-state index is 11.9. The van der Waals surface area contributed by atoms with Crippen LogP contribution in [-0.4, -0.2) is 60.1 Å². The molecule has 1 saturated heterocycles. The lowest BCUT2D eigenvalue weighted by Crippen LogP contribution is -2.37. The number of benzene rings is 1. The largest absolute Gasteiger partial charge is 0.508 e. The van der Waals surface area contributed by atoms with Crippen LogP contribution in [0.5, 0.6) is 11.6 Å². The van der Waals surface area contributed by atoms with Crippen molar-refractivity contribution >= 4 is 18.1 Å². The Morgan fingerprint density at radius 3 is 2.81 bits per heavy atom. The molecule has 1 aliphatic rings. The van der Waals surface area contributed by atoms with Gasteiger partial charge < -0.3 is 19.5 Å². The minimum absolute atomic E-state index is 0.168. The molecule has 2 aromatic rings. The Labute approximate surface area is 156 Å². The van der Waals surface area contributed by atoms with E-state index in [1.807, 2.05) is 11.8 Å². The van der Waals surface area contributed by atoms with Crippen LogP contribution in [0.3, 0.4) is 0 Å². The number of phenolic OH excluding ortho intramolecular Hbond substituents is 1. The van der Waals surface area contributed by atoms with E-state index in [9.17, 15) is 9.90 Å². The lowest BCUT2D eigenvalue weighted by Gasteiger charge is -2.27. The Kier molecular flexibility index (Phi) is 6.16. The second-order valence-corrected chi connectivity index (χ2v) is 5.92. The highest BCUT2D eigenvalue weighted by Crippen LogP contribution is 2.16. The van der Waals surface area contributed by atoms with E-state index < -0.39 is 5.91 Å². The van der Waals surface area contributed by atoms with Gasteiger partial charge in [-0.05, 0) is 36.8 Å². The van der Waals surface area contributed by atoms with Crippen LogP contribution in [-0.2, 0) is 9.53 Å². The van der Waals surface area contributed by atoms with Gasteiger partial charge in [0.2, 0.25) is 11.8 Å². The predicted octanol–water partition coefficient (Wildman–Crippen LogP) is 0.856. The Hall–Kier alpha value is -3.20. The van der Waals surface area contributed by atoms with Crippen molar-refractivity contribution in [1.82, 2.24) is 15.4 Å². The smallest absolute Gasteiger partial charge is 0.278 e. The van der Waals surface area contributed by atoms with Crippen molar-refractivity contribution in [1.29, 1.82) is 0 Å². The maximum Gasteiger partial charge on any atom is 0.278 e. The zero-order valence-corrected chi connectivity index (χ0v) is 15.0. The molecule has 0 saturated carbocycles. The van der Waals surface area contributed by atoms with Gasteiger partial charge in [-0.3, -0.25) is 4.79 Å². The molecule has 0 aliphatic carbocycles. The summed E-state index contributed by atoms with van der Waals surface area (Å²) in [6.07, 6.45) is 1.47. The first-order valence-corrected chi connectivity index (χ1v) is 8.52. The van der Waals surface area contributed by atoms with E-state index in [2.05, 4.69) is 20.5 Å². The monoisotopic (exact) mass is 371 g/mol. The Balaban J connectivity index is 1.52. The summed E-state index contributed by atoms with van der Waals surface area (Å²) in [5, 5.41) is 13.1. The van der Waals surface area contributed by atoms with Gasteiger partial charge in [0.1, 0.15) is 5.75 Å². The standard InChI is InChI=1S/C18H21N5O4/c1-13-10-17(21-18(20-13)23-6-8-26-9-7-23)27-12-16(25)22-19-11-14-2-4-15(24)5-3-14/h2-5,10-11,24H,6-9,12H2,1H3,(H,22,25)/b19-11+. The number of hydrogen-bond acceptors (Lipinski definition) is 8. The fourth-order valence-electron chi connectivity index (χ4n) is 2.41. The lowest BCUT2D eigenvalue weighted by molar-refractivity contribution is -0.123. The van der Waals surface area contributed by atoms with Crippen LogP contribution < -0.4 is 15.1 Å². The molecule has 0 bridgehead atoms. The molecule has 3 rings (SSSR count). The molecule has 1 aromatic heterocycles. The van der Waals surface area contributed by atoms with Crippen LogP contribution in [0, 0.1) is 6.92 Å². The van der Waals surface area contributed by atoms with Crippen molar-refractivity contribution in [3.63, 3.8) is 0 Å². The van der Waals surface area contributed by atoms with Gasteiger partial charge in [-0.2, -0.15) is 10.1 Å². The Bertz CT molecular complexity index is 804. The summed E-state index contributed by atoms with van der Waals surface area (Å²) < 4.78 is 10.8. The number of amides is 1. The molecule has 9 heteroatoms. The van der Waals surface area contributed by atoms with Crippen LogP contribution in [0.1, 0.15) is 11.3 Å². The van der Waals surface area contributed by atoms with Crippen LogP contribution in [0.15, 0.2) is 35.4 Å². The van der Waals surface area contributed by atoms with Crippen molar-refractivity contribution in [3.05, 3.63) is 41.6 Å². The zero-order valence-electron chi connectivity index (χ0n) is 15.0. The van der Waals surface area contributed by atoms with Crippen LogP contribution >= 0.6 is 0 Å². The second kappa shape index (κ2) is 8.95. The van der Waals surface area contributed by atoms with E-state index in [4.69, 9.17) is 9.47 Å². The summed E-state index contributed by atoms with van der Waals surface area (Å²) in [6.45, 7) is 4.33. The van der Waals surface area contributed by atoms with Gasteiger partial charge in [0.05, 0.1) is 19.4 Å². The highest BCUT2D eigenvalue weighted by molar-refractivity contribution is 5.83. The van der Waals surface area contributed by atoms with Gasteiger partial charge in [-0.25, -0.2) is 10.4 Å². The third-order valence-corrected chi connectivity index (χ3v) is 3.76. The van der Waals surface area contributed by atoms with Crippen molar-refractivity contribution in [3.8, 4) is 11.6 Å². The van der Waals surface area contributed by atoms with Gasteiger partial charge in [0.15, 0.2) is 6.61 Å². The number of nitrogens with one attached hydrogen (secondary N) is 1. The molecule has 2 N–H and O–H groups in total. The summed E-state index contributed by atoms with van der Waals surface area (Å²) >= 11 is 0. The number of hydrazone groups is 1. The minimum atomic E-state index is -0.408. The van der Waals surface area contributed by atoms with Crippen molar-refractivity contribution in [2.45, 2.75) is 6.92 Å². The van der Waals surface area contributed by atoms with E-state index in [0.717, 1.165) is 24.3 Å². The lowest BCUT2D eigenvalue weighted by atomic mass is 10.2. The molecule has 27 heavy (non-hydrogen) atoms. The number of aromatic nitrogens is 2. The van der Waals surface area contributed by atoms with Crippen molar-refractivity contribution < 1.29 is 19.4 Å². The predicted molar refractivity (Wildman–Crippen MR) is 99.1 cm³/mol. The summed E-state index contributed by atoms with van der Waals surface area (Å²) in [5.41, 5.74) is 3.88. The quantitative estimate of drug-likeness (QED) is 0.572. The van der Waals surface area contributed by atoms with Gasteiger partial charge in [0, 0.05) is 24.8 Å². The number of carbonyl (C=O) groups excluding carboxylic acids is 1. The van der Waals surface area contributed by atoms with E-state index in [0.29, 0.717) is 25.0 Å². The first kappa shape index (κ1) is 18.6. The summed E-state index contributed by atoms with van der Waals surface area (Å²) in [4.78, 5) is 22.7. The first-order valence-electron chi connectivity index (χ1n) is 8.52.